The molecule has 2 aliphatic rings. The first-order chi connectivity index (χ1) is 9.78. The summed E-state index contributed by atoms with van der Waals surface area (Å²) in [7, 11) is 0. The van der Waals surface area contributed by atoms with Crippen molar-refractivity contribution in [2.75, 3.05) is 18.4 Å². The third-order valence-electron chi connectivity index (χ3n) is 4.65. The second-order valence-electron chi connectivity index (χ2n) is 5.79. The second-order valence-corrected chi connectivity index (χ2v) is 5.79. The second kappa shape index (κ2) is 4.28. The van der Waals surface area contributed by atoms with Crippen LogP contribution in [0.1, 0.15) is 19.3 Å². The SMILES string of the molecule is O=C(Nc1ccnc2ccnn12)C1CC12CCNCC2. The van der Waals surface area contributed by atoms with Gasteiger partial charge in [-0.2, -0.15) is 9.61 Å². The van der Waals surface area contributed by atoms with E-state index in [2.05, 4.69) is 20.7 Å². The van der Waals surface area contributed by atoms with Crippen LogP contribution < -0.4 is 10.6 Å². The number of carbonyl (C=O) groups excluding carboxylic acids is 1. The Morgan fingerprint density at radius 2 is 2.20 bits per heavy atom. The third kappa shape index (κ3) is 1.79. The van der Waals surface area contributed by atoms with Crippen LogP contribution in [-0.2, 0) is 4.79 Å². The van der Waals surface area contributed by atoms with Gasteiger partial charge in [-0.1, -0.05) is 0 Å². The van der Waals surface area contributed by atoms with Crippen molar-refractivity contribution in [3.63, 3.8) is 0 Å². The molecule has 1 unspecified atom stereocenters. The summed E-state index contributed by atoms with van der Waals surface area (Å²) in [5.74, 6) is 0.972. The van der Waals surface area contributed by atoms with Gasteiger partial charge in [0.2, 0.25) is 5.91 Å². The van der Waals surface area contributed by atoms with Gasteiger partial charge in [0, 0.05) is 18.2 Å². The summed E-state index contributed by atoms with van der Waals surface area (Å²) in [6.45, 7) is 2.06. The van der Waals surface area contributed by atoms with E-state index in [0.717, 1.165) is 38.0 Å². The lowest BCUT2D eigenvalue weighted by molar-refractivity contribution is -0.118. The highest BCUT2D eigenvalue weighted by Crippen LogP contribution is 2.58. The normalized spacial score (nSPS) is 23.9. The molecule has 1 aliphatic heterocycles. The van der Waals surface area contributed by atoms with Crippen LogP contribution in [0.15, 0.2) is 24.5 Å². The maximum Gasteiger partial charge on any atom is 0.229 e. The van der Waals surface area contributed by atoms with E-state index in [1.54, 1.807) is 23.0 Å². The first-order valence-corrected chi connectivity index (χ1v) is 7.09. The zero-order valence-electron chi connectivity index (χ0n) is 11.2. The zero-order chi connectivity index (χ0) is 13.6. The van der Waals surface area contributed by atoms with E-state index < -0.39 is 0 Å². The minimum Gasteiger partial charge on any atom is -0.317 e. The molecule has 20 heavy (non-hydrogen) atoms. The molecule has 0 bridgehead atoms. The summed E-state index contributed by atoms with van der Waals surface area (Å²) in [5.41, 5.74) is 1.00. The standard InChI is InChI=1S/C14H17N5O/c20-13(10-9-14(10)3-7-15-8-4-14)18-12-1-5-16-11-2-6-17-19(11)12/h1-2,5-6,10,15H,3-4,7-9H2,(H,18,20). The fraction of sp³-hybridized carbons (Fsp3) is 0.500. The highest BCUT2D eigenvalue weighted by Gasteiger charge is 2.57. The molecule has 3 heterocycles. The van der Waals surface area contributed by atoms with Crippen LogP contribution in [0, 0.1) is 11.3 Å². The van der Waals surface area contributed by atoms with Crippen LogP contribution >= 0.6 is 0 Å². The fourth-order valence-corrected chi connectivity index (χ4v) is 3.34. The summed E-state index contributed by atoms with van der Waals surface area (Å²) in [6, 6.07) is 3.61. The molecule has 2 aromatic heterocycles. The molecule has 1 saturated heterocycles. The minimum absolute atomic E-state index is 0.120. The molecule has 1 saturated carbocycles. The van der Waals surface area contributed by atoms with E-state index in [9.17, 15) is 4.79 Å². The highest BCUT2D eigenvalue weighted by atomic mass is 16.2. The molecule has 0 radical (unpaired) electrons. The number of carbonyl (C=O) groups is 1. The predicted molar refractivity (Wildman–Crippen MR) is 74.3 cm³/mol. The molecule has 2 fully saturated rings. The number of rotatable bonds is 2. The Morgan fingerprint density at radius 3 is 3.05 bits per heavy atom. The Bertz CT molecular complexity index is 658. The number of amides is 1. The van der Waals surface area contributed by atoms with Crippen LogP contribution in [0.4, 0.5) is 5.82 Å². The molecular formula is C14H17N5O. The van der Waals surface area contributed by atoms with Gasteiger partial charge in [0.25, 0.3) is 0 Å². The van der Waals surface area contributed by atoms with Gasteiger partial charge in [0.1, 0.15) is 5.82 Å². The van der Waals surface area contributed by atoms with E-state index in [-0.39, 0.29) is 17.2 Å². The number of nitrogens with zero attached hydrogens (tertiary/aromatic N) is 3. The van der Waals surface area contributed by atoms with Crippen LogP contribution in [0.2, 0.25) is 0 Å². The van der Waals surface area contributed by atoms with Gasteiger partial charge < -0.3 is 10.6 Å². The summed E-state index contributed by atoms with van der Waals surface area (Å²) in [5, 5.41) is 10.5. The summed E-state index contributed by atoms with van der Waals surface area (Å²) in [6.07, 6.45) is 6.62. The molecular weight excluding hydrogens is 254 g/mol. The highest BCUT2D eigenvalue weighted by molar-refractivity contribution is 5.94. The monoisotopic (exact) mass is 271 g/mol. The molecule has 1 aliphatic carbocycles. The van der Waals surface area contributed by atoms with Gasteiger partial charge >= 0.3 is 0 Å². The van der Waals surface area contributed by atoms with E-state index >= 15 is 0 Å². The first-order valence-electron chi connectivity index (χ1n) is 7.09. The lowest BCUT2D eigenvalue weighted by Crippen LogP contribution is -2.31. The van der Waals surface area contributed by atoms with Gasteiger partial charge in [-0.15, -0.1) is 0 Å². The van der Waals surface area contributed by atoms with Crippen molar-refractivity contribution in [3.05, 3.63) is 24.5 Å². The van der Waals surface area contributed by atoms with Crippen molar-refractivity contribution in [2.24, 2.45) is 11.3 Å². The molecule has 104 valence electrons. The molecule has 0 aromatic carbocycles. The quantitative estimate of drug-likeness (QED) is 0.856. The van der Waals surface area contributed by atoms with Gasteiger partial charge in [0.15, 0.2) is 5.65 Å². The number of hydrogen-bond donors (Lipinski definition) is 2. The Labute approximate surface area is 116 Å². The van der Waals surface area contributed by atoms with E-state index in [1.807, 2.05) is 6.07 Å². The lowest BCUT2D eigenvalue weighted by atomic mass is 9.92. The van der Waals surface area contributed by atoms with Crippen LogP contribution in [0.5, 0.6) is 0 Å². The molecule has 1 amide bonds. The number of hydrogen-bond acceptors (Lipinski definition) is 4. The van der Waals surface area contributed by atoms with Crippen LogP contribution in [0.25, 0.3) is 5.65 Å². The van der Waals surface area contributed by atoms with Crippen LogP contribution in [0.3, 0.4) is 0 Å². The predicted octanol–water partition coefficient (Wildman–Crippen LogP) is 1.06. The number of aromatic nitrogens is 3. The summed E-state index contributed by atoms with van der Waals surface area (Å²) >= 11 is 0. The van der Waals surface area contributed by atoms with Gasteiger partial charge in [-0.05, 0) is 43.8 Å². The fourth-order valence-electron chi connectivity index (χ4n) is 3.34. The van der Waals surface area contributed by atoms with Crippen molar-refractivity contribution in [2.45, 2.75) is 19.3 Å². The van der Waals surface area contributed by atoms with Gasteiger partial charge in [-0.25, -0.2) is 4.98 Å². The number of nitrogens with one attached hydrogen (secondary N) is 2. The Kier molecular flexibility index (Phi) is 2.53. The van der Waals surface area contributed by atoms with Crippen molar-refractivity contribution >= 4 is 17.4 Å². The van der Waals surface area contributed by atoms with Crippen molar-refractivity contribution in [1.82, 2.24) is 19.9 Å². The Morgan fingerprint density at radius 1 is 1.35 bits per heavy atom. The minimum atomic E-state index is 0.120. The van der Waals surface area contributed by atoms with Crippen molar-refractivity contribution < 1.29 is 4.79 Å². The largest absolute Gasteiger partial charge is 0.317 e. The van der Waals surface area contributed by atoms with Crippen molar-refractivity contribution in [1.29, 1.82) is 0 Å². The van der Waals surface area contributed by atoms with Crippen molar-refractivity contribution in [3.8, 4) is 0 Å². The molecule has 6 nitrogen and oxygen atoms in total. The average molecular weight is 271 g/mol. The van der Waals surface area contributed by atoms with E-state index in [0.29, 0.717) is 5.82 Å². The topological polar surface area (TPSA) is 71.3 Å². The zero-order valence-corrected chi connectivity index (χ0v) is 11.2. The molecule has 1 atom stereocenters. The molecule has 2 aromatic rings. The maximum absolute atomic E-state index is 12.4. The summed E-state index contributed by atoms with van der Waals surface area (Å²) < 4.78 is 1.66. The smallest absolute Gasteiger partial charge is 0.229 e. The number of anilines is 1. The molecule has 1 spiro atoms. The maximum atomic E-state index is 12.4. The van der Waals surface area contributed by atoms with Gasteiger partial charge in [0.05, 0.1) is 6.20 Å². The van der Waals surface area contributed by atoms with Gasteiger partial charge in [-0.3, -0.25) is 4.79 Å². The number of fused-ring (bicyclic) bond motifs is 1. The average Bonchev–Trinajstić information content (AvgIpc) is 2.95. The third-order valence-corrected chi connectivity index (χ3v) is 4.65. The first kappa shape index (κ1) is 11.8. The lowest BCUT2D eigenvalue weighted by Gasteiger charge is -2.23. The molecule has 4 rings (SSSR count). The van der Waals surface area contributed by atoms with E-state index in [4.69, 9.17) is 0 Å². The summed E-state index contributed by atoms with van der Waals surface area (Å²) in [4.78, 5) is 16.6. The molecule has 6 heteroatoms. The molecule has 2 N–H and O–H groups in total. The van der Waals surface area contributed by atoms with Crippen LogP contribution in [-0.4, -0.2) is 33.6 Å². The Hall–Kier alpha value is -1.95. The van der Waals surface area contributed by atoms with E-state index in [1.165, 1.54) is 0 Å². The number of piperidine rings is 1. The Balaban J connectivity index is 1.52.